The normalized spacial score (nSPS) is 10.8. The summed E-state index contributed by atoms with van der Waals surface area (Å²) in [6, 6.07) is 9.47. The van der Waals surface area contributed by atoms with Crippen LogP contribution in [-0.2, 0) is 0 Å². The first-order valence-electron chi connectivity index (χ1n) is 9.80. The number of thiazole rings is 1. The summed E-state index contributed by atoms with van der Waals surface area (Å²) in [4.78, 5) is 32.7. The Morgan fingerprint density at radius 1 is 1.19 bits per heavy atom. The van der Waals surface area contributed by atoms with Crippen LogP contribution in [0.3, 0.4) is 0 Å². The fraction of sp³-hybridized carbons (Fsp3) is 0.333. The Morgan fingerprint density at radius 2 is 1.91 bits per heavy atom. The minimum absolute atomic E-state index is 0. The molecule has 0 saturated carbocycles. The average molecular weight is 499 g/mol. The van der Waals surface area contributed by atoms with Crippen LogP contribution >= 0.6 is 35.3 Å². The van der Waals surface area contributed by atoms with Crippen LogP contribution in [0.1, 0.15) is 24.2 Å². The Morgan fingerprint density at radius 3 is 2.53 bits per heavy atom. The smallest absolute Gasteiger partial charge is 0.282 e. The highest BCUT2D eigenvalue weighted by Crippen LogP contribution is 2.33. The van der Waals surface area contributed by atoms with Crippen LogP contribution < -0.4 is 9.64 Å². The van der Waals surface area contributed by atoms with Gasteiger partial charge in [-0.15, -0.1) is 12.4 Å². The maximum Gasteiger partial charge on any atom is 0.282 e. The second-order valence-electron chi connectivity index (χ2n) is 6.73. The summed E-state index contributed by atoms with van der Waals surface area (Å²) in [6.45, 7) is 6.68. The first kappa shape index (κ1) is 25.8. The number of nitrogens with zero attached hydrogens (tertiary/aromatic N) is 4. The van der Waals surface area contributed by atoms with Gasteiger partial charge in [0.05, 0.1) is 22.2 Å². The van der Waals surface area contributed by atoms with Crippen molar-refractivity contribution >= 4 is 62.3 Å². The molecule has 3 rings (SSSR count). The third-order valence-electron chi connectivity index (χ3n) is 4.98. The number of fused-ring (bicyclic) bond motifs is 1. The third kappa shape index (κ3) is 5.66. The number of likely N-dealkylation sites (N-methyl/N-ethyl adjacent to an activating group) is 1. The van der Waals surface area contributed by atoms with Crippen molar-refractivity contribution in [1.29, 1.82) is 0 Å². The summed E-state index contributed by atoms with van der Waals surface area (Å²) in [7, 11) is 1.58. The maximum absolute atomic E-state index is 13.5. The number of carbonyl (C=O) groups excluding carboxylic acids is 1. The molecule has 1 aromatic heterocycles. The van der Waals surface area contributed by atoms with Crippen molar-refractivity contribution in [2.45, 2.75) is 13.8 Å². The van der Waals surface area contributed by atoms with E-state index in [9.17, 15) is 14.9 Å². The lowest BCUT2D eigenvalue weighted by molar-refractivity contribution is -0.385. The summed E-state index contributed by atoms with van der Waals surface area (Å²) in [6.07, 6.45) is 0. The minimum atomic E-state index is -0.574. The maximum atomic E-state index is 13.5. The number of amides is 1. The van der Waals surface area contributed by atoms with Crippen molar-refractivity contribution in [2.24, 2.45) is 0 Å². The van der Waals surface area contributed by atoms with Crippen LogP contribution in [0.25, 0.3) is 10.2 Å². The van der Waals surface area contributed by atoms with Crippen LogP contribution in [0, 0.1) is 10.1 Å². The molecule has 0 aliphatic carbocycles. The summed E-state index contributed by atoms with van der Waals surface area (Å²) < 4.78 is 6.13. The highest BCUT2D eigenvalue weighted by Gasteiger charge is 2.28. The molecule has 0 saturated heterocycles. The molecule has 0 fully saturated rings. The number of hydrogen-bond acceptors (Lipinski definition) is 7. The summed E-state index contributed by atoms with van der Waals surface area (Å²) in [5.41, 5.74) is 0.376. The first-order chi connectivity index (χ1) is 14.9. The number of hydrogen-bond donors (Lipinski definition) is 0. The fourth-order valence-corrected chi connectivity index (χ4v) is 4.38. The van der Waals surface area contributed by atoms with Gasteiger partial charge in [0.1, 0.15) is 11.3 Å². The van der Waals surface area contributed by atoms with Gasteiger partial charge >= 0.3 is 0 Å². The van der Waals surface area contributed by atoms with Crippen molar-refractivity contribution in [2.75, 3.05) is 38.2 Å². The lowest BCUT2D eigenvalue weighted by Crippen LogP contribution is -2.39. The number of nitro groups is 1. The van der Waals surface area contributed by atoms with E-state index < -0.39 is 10.8 Å². The number of aromatic nitrogens is 1. The molecule has 172 valence electrons. The van der Waals surface area contributed by atoms with Gasteiger partial charge in [-0.05, 0) is 43.4 Å². The minimum Gasteiger partial charge on any atom is -0.497 e. The average Bonchev–Trinajstić information content (AvgIpc) is 3.18. The number of rotatable bonds is 9. The van der Waals surface area contributed by atoms with Crippen molar-refractivity contribution in [1.82, 2.24) is 9.88 Å². The number of ether oxygens (including phenoxy) is 1. The van der Waals surface area contributed by atoms with E-state index in [-0.39, 0.29) is 28.7 Å². The summed E-state index contributed by atoms with van der Waals surface area (Å²) in [5.74, 6) is 0.182. The van der Waals surface area contributed by atoms with Gasteiger partial charge in [0.2, 0.25) is 0 Å². The predicted octanol–water partition coefficient (Wildman–Crippen LogP) is 5.28. The van der Waals surface area contributed by atoms with Gasteiger partial charge in [0, 0.05) is 24.2 Å². The molecular formula is C21H24Cl2N4O4S. The molecule has 8 nitrogen and oxygen atoms in total. The molecular weight excluding hydrogens is 475 g/mol. The molecule has 11 heteroatoms. The number of nitro benzene ring substituents is 1. The van der Waals surface area contributed by atoms with Crippen LogP contribution in [0.15, 0.2) is 36.4 Å². The van der Waals surface area contributed by atoms with Gasteiger partial charge in [0.15, 0.2) is 5.13 Å². The Kier molecular flexibility index (Phi) is 9.21. The van der Waals surface area contributed by atoms with Gasteiger partial charge in [-0.25, -0.2) is 4.98 Å². The van der Waals surface area contributed by atoms with Crippen LogP contribution in [-0.4, -0.2) is 54.0 Å². The molecule has 0 unspecified atom stereocenters. The Hall–Kier alpha value is -2.46. The Labute approximate surface area is 201 Å². The van der Waals surface area contributed by atoms with Gasteiger partial charge in [-0.1, -0.05) is 36.8 Å². The SMILES string of the molecule is CCN(CC)CCN(C(=O)c1cc(Cl)ccc1[N+](=O)[O-])c1nc2ccc(OC)cc2s1.Cl. The molecule has 0 spiro atoms. The highest BCUT2D eigenvalue weighted by atomic mass is 35.5. The zero-order valence-corrected chi connectivity index (χ0v) is 20.3. The molecule has 0 N–H and O–H groups in total. The van der Waals surface area contributed by atoms with Gasteiger partial charge < -0.3 is 9.64 Å². The topological polar surface area (TPSA) is 88.8 Å². The quantitative estimate of drug-likeness (QED) is 0.294. The van der Waals surface area contributed by atoms with E-state index in [1.807, 2.05) is 26.0 Å². The first-order valence-corrected chi connectivity index (χ1v) is 11.0. The molecule has 0 aliphatic rings. The predicted molar refractivity (Wildman–Crippen MR) is 131 cm³/mol. The second-order valence-corrected chi connectivity index (χ2v) is 8.18. The van der Waals surface area contributed by atoms with E-state index in [4.69, 9.17) is 16.3 Å². The lowest BCUT2D eigenvalue weighted by Gasteiger charge is -2.24. The lowest BCUT2D eigenvalue weighted by atomic mass is 10.1. The largest absolute Gasteiger partial charge is 0.497 e. The van der Waals surface area contributed by atoms with Gasteiger partial charge in [-0.2, -0.15) is 0 Å². The number of benzene rings is 2. The monoisotopic (exact) mass is 498 g/mol. The van der Waals surface area contributed by atoms with Crippen molar-refractivity contribution in [3.05, 3.63) is 57.1 Å². The summed E-state index contributed by atoms with van der Waals surface area (Å²) >= 11 is 7.39. The fourth-order valence-electron chi connectivity index (χ4n) is 3.18. The second kappa shape index (κ2) is 11.4. The number of carbonyl (C=O) groups is 1. The van der Waals surface area contributed by atoms with E-state index >= 15 is 0 Å². The van der Waals surface area contributed by atoms with Crippen LogP contribution in [0.4, 0.5) is 10.8 Å². The number of anilines is 1. The van der Waals surface area contributed by atoms with Crippen LogP contribution in [0.5, 0.6) is 5.75 Å². The standard InChI is InChI=1S/C21H23ClN4O4S.ClH/c1-4-24(5-2)10-11-25(20(27)16-12-14(22)6-9-18(16)26(28)29)21-23-17-8-7-15(30-3)13-19(17)31-21;/h6-9,12-13H,4-5,10-11H2,1-3H3;1H. The summed E-state index contributed by atoms with van der Waals surface area (Å²) in [5, 5.41) is 12.2. The van der Waals surface area contributed by atoms with Gasteiger partial charge in [0.25, 0.3) is 11.6 Å². The highest BCUT2D eigenvalue weighted by molar-refractivity contribution is 7.22. The third-order valence-corrected chi connectivity index (χ3v) is 6.26. The van der Waals surface area contributed by atoms with Crippen molar-refractivity contribution < 1.29 is 14.5 Å². The van der Waals surface area contributed by atoms with E-state index in [1.165, 1.54) is 34.4 Å². The van der Waals surface area contributed by atoms with Crippen LogP contribution in [0.2, 0.25) is 5.02 Å². The molecule has 32 heavy (non-hydrogen) atoms. The molecule has 0 radical (unpaired) electrons. The van der Waals surface area contributed by atoms with E-state index in [0.717, 1.165) is 23.3 Å². The molecule has 0 aliphatic heterocycles. The van der Waals surface area contributed by atoms with Crippen molar-refractivity contribution in [3.8, 4) is 5.75 Å². The molecule has 0 atom stereocenters. The molecule has 1 heterocycles. The van der Waals surface area contributed by atoms with E-state index in [1.54, 1.807) is 13.2 Å². The van der Waals surface area contributed by atoms with Crippen molar-refractivity contribution in [3.63, 3.8) is 0 Å². The molecule has 0 bridgehead atoms. The zero-order valence-electron chi connectivity index (χ0n) is 17.9. The van der Waals surface area contributed by atoms with Gasteiger partial charge in [-0.3, -0.25) is 19.8 Å². The number of halogens is 2. The number of methoxy groups -OCH3 is 1. The molecule has 1 amide bonds. The van der Waals surface area contributed by atoms with E-state index in [2.05, 4.69) is 9.88 Å². The Bertz CT molecular complexity index is 1100. The zero-order chi connectivity index (χ0) is 22.5. The molecule has 3 aromatic rings. The molecule has 2 aromatic carbocycles. The van der Waals surface area contributed by atoms with E-state index in [0.29, 0.717) is 24.0 Å². The Balaban J connectivity index is 0.00000363.